The second kappa shape index (κ2) is 5.91. The van der Waals surface area contributed by atoms with Gasteiger partial charge < -0.3 is 4.74 Å². The minimum atomic E-state index is -0.356. The van der Waals surface area contributed by atoms with E-state index in [-0.39, 0.29) is 10.8 Å². The number of hydrogen-bond donors (Lipinski definition) is 0. The van der Waals surface area contributed by atoms with Crippen LogP contribution in [0, 0.1) is 6.92 Å². The van der Waals surface area contributed by atoms with Crippen molar-refractivity contribution in [3.63, 3.8) is 0 Å². The predicted molar refractivity (Wildman–Crippen MR) is 64.1 cm³/mol. The summed E-state index contributed by atoms with van der Waals surface area (Å²) in [6.07, 6.45) is 0.846. The number of aryl methyl sites for hydroxylation is 1. The maximum Gasteiger partial charge on any atom is 0.324 e. The van der Waals surface area contributed by atoms with Crippen molar-refractivity contribution in [2.24, 2.45) is 0 Å². The van der Waals surface area contributed by atoms with Crippen molar-refractivity contribution in [2.75, 3.05) is 6.61 Å². The molecule has 0 radical (unpaired) electrons. The third-order valence-corrected chi connectivity index (χ3v) is 2.98. The number of alkyl halides is 1. The molecule has 0 spiro atoms. The summed E-state index contributed by atoms with van der Waals surface area (Å²) in [6, 6.07) is 7.79. The van der Waals surface area contributed by atoms with Crippen molar-refractivity contribution in [3.05, 3.63) is 35.4 Å². The zero-order valence-corrected chi connectivity index (χ0v) is 10.6. The molecule has 0 heterocycles. The van der Waals surface area contributed by atoms with Crippen molar-refractivity contribution in [2.45, 2.75) is 25.1 Å². The lowest BCUT2D eigenvalue weighted by Crippen LogP contribution is -2.12. The summed E-state index contributed by atoms with van der Waals surface area (Å²) in [5, 5.41) is 0. The van der Waals surface area contributed by atoms with Gasteiger partial charge in [-0.3, -0.25) is 4.79 Å². The number of benzene rings is 1. The van der Waals surface area contributed by atoms with E-state index in [1.54, 1.807) is 0 Å². The van der Waals surface area contributed by atoms with Gasteiger partial charge in [0, 0.05) is 0 Å². The highest BCUT2D eigenvalue weighted by Gasteiger charge is 2.19. The fraction of sp³-hybridized carbons (Fsp3) is 0.417. The number of carbonyl (C=O) groups is 1. The Labute approximate surface area is 98.8 Å². The van der Waals surface area contributed by atoms with Crippen molar-refractivity contribution in [1.82, 2.24) is 0 Å². The summed E-state index contributed by atoms with van der Waals surface area (Å²) in [4.78, 5) is 11.2. The topological polar surface area (TPSA) is 26.3 Å². The van der Waals surface area contributed by atoms with Gasteiger partial charge >= 0.3 is 5.97 Å². The van der Waals surface area contributed by atoms with Crippen LogP contribution in [-0.4, -0.2) is 12.6 Å². The Morgan fingerprint density at radius 2 is 2.13 bits per heavy atom. The highest BCUT2D eigenvalue weighted by molar-refractivity contribution is 9.09. The lowest BCUT2D eigenvalue weighted by molar-refractivity contribution is -0.142. The Kier molecular flexibility index (Phi) is 4.82. The second-order valence-corrected chi connectivity index (χ2v) is 4.30. The number of esters is 1. The van der Waals surface area contributed by atoms with Crippen LogP contribution in [0.25, 0.3) is 0 Å². The normalized spacial score (nSPS) is 12.2. The molecule has 15 heavy (non-hydrogen) atoms. The average Bonchev–Trinajstić information content (AvgIpc) is 2.25. The quantitative estimate of drug-likeness (QED) is 0.619. The van der Waals surface area contributed by atoms with Crippen LogP contribution in [0.4, 0.5) is 0 Å². The lowest BCUT2D eigenvalue weighted by Gasteiger charge is -2.11. The standard InChI is InChI=1S/C12H15BrO2/c1-3-8-15-12(14)11(13)10-7-5-4-6-9(10)2/h4-7,11H,3,8H2,1-2H3. The summed E-state index contributed by atoms with van der Waals surface area (Å²) >= 11 is 3.36. The van der Waals surface area contributed by atoms with Crippen LogP contribution in [0.15, 0.2) is 24.3 Å². The molecule has 1 atom stereocenters. The van der Waals surface area contributed by atoms with Gasteiger partial charge in [0.2, 0.25) is 0 Å². The van der Waals surface area contributed by atoms with E-state index >= 15 is 0 Å². The van der Waals surface area contributed by atoms with E-state index in [0.717, 1.165) is 17.5 Å². The third-order valence-electron chi connectivity index (χ3n) is 2.12. The highest BCUT2D eigenvalue weighted by atomic mass is 79.9. The highest BCUT2D eigenvalue weighted by Crippen LogP contribution is 2.26. The molecule has 0 N–H and O–H groups in total. The van der Waals surface area contributed by atoms with Gasteiger partial charge in [-0.1, -0.05) is 47.1 Å². The Bertz CT molecular complexity index is 336. The van der Waals surface area contributed by atoms with Crippen molar-refractivity contribution < 1.29 is 9.53 Å². The maximum absolute atomic E-state index is 11.6. The smallest absolute Gasteiger partial charge is 0.324 e. The number of halogens is 1. The first-order valence-corrected chi connectivity index (χ1v) is 5.94. The molecule has 0 fully saturated rings. The van der Waals surface area contributed by atoms with Gasteiger partial charge in [-0.25, -0.2) is 0 Å². The maximum atomic E-state index is 11.6. The molecule has 0 aromatic heterocycles. The van der Waals surface area contributed by atoms with Gasteiger partial charge in [-0.2, -0.15) is 0 Å². The summed E-state index contributed by atoms with van der Waals surface area (Å²) < 4.78 is 5.08. The van der Waals surface area contributed by atoms with E-state index in [1.165, 1.54) is 0 Å². The van der Waals surface area contributed by atoms with Crippen molar-refractivity contribution in [1.29, 1.82) is 0 Å². The van der Waals surface area contributed by atoms with E-state index < -0.39 is 0 Å². The number of rotatable bonds is 4. The number of hydrogen-bond acceptors (Lipinski definition) is 2. The SMILES string of the molecule is CCCOC(=O)C(Br)c1ccccc1C. The number of ether oxygens (including phenoxy) is 1. The van der Waals surface area contributed by atoms with Crippen molar-refractivity contribution >= 4 is 21.9 Å². The van der Waals surface area contributed by atoms with Crippen molar-refractivity contribution in [3.8, 4) is 0 Å². The third kappa shape index (κ3) is 3.34. The largest absolute Gasteiger partial charge is 0.465 e. The summed E-state index contributed by atoms with van der Waals surface area (Å²) in [5.41, 5.74) is 2.06. The van der Waals surface area contributed by atoms with Crippen LogP contribution in [0.1, 0.15) is 29.3 Å². The Hall–Kier alpha value is -0.830. The first-order valence-electron chi connectivity index (χ1n) is 5.03. The minimum Gasteiger partial charge on any atom is -0.465 e. The summed E-state index contributed by atoms with van der Waals surface area (Å²) in [6.45, 7) is 4.44. The van der Waals surface area contributed by atoms with Crippen LogP contribution in [-0.2, 0) is 9.53 Å². The van der Waals surface area contributed by atoms with Gasteiger partial charge in [0.05, 0.1) is 6.61 Å². The van der Waals surface area contributed by atoms with E-state index in [9.17, 15) is 4.79 Å². The van der Waals surface area contributed by atoms with Gasteiger partial charge in [0.25, 0.3) is 0 Å². The molecule has 0 bridgehead atoms. The molecule has 0 saturated carbocycles. The predicted octanol–water partition coefficient (Wildman–Crippen LogP) is 3.38. The molecule has 0 aliphatic heterocycles. The minimum absolute atomic E-state index is 0.217. The molecule has 0 aliphatic rings. The molecule has 2 nitrogen and oxygen atoms in total. The molecule has 0 aliphatic carbocycles. The first-order chi connectivity index (χ1) is 7.16. The Morgan fingerprint density at radius 3 is 2.73 bits per heavy atom. The molecular formula is C12H15BrO2. The van der Waals surface area contributed by atoms with Crippen LogP contribution in [0.5, 0.6) is 0 Å². The molecule has 1 aromatic carbocycles. The fourth-order valence-corrected chi connectivity index (χ4v) is 1.92. The molecular weight excluding hydrogens is 256 g/mol. The molecule has 1 unspecified atom stereocenters. The summed E-state index contributed by atoms with van der Waals surface area (Å²) in [5.74, 6) is -0.217. The Balaban J connectivity index is 2.72. The zero-order chi connectivity index (χ0) is 11.3. The monoisotopic (exact) mass is 270 g/mol. The molecule has 1 aromatic rings. The molecule has 1 rings (SSSR count). The van der Waals surface area contributed by atoms with Gasteiger partial charge in [-0.05, 0) is 24.5 Å². The second-order valence-electron chi connectivity index (χ2n) is 3.39. The van der Waals surface area contributed by atoms with E-state index in [0.29, 0.717) is 6.61 Å². The molecule has 0 saturated heterocycles. The van der Waals surface area contributed by atoms with Crippen LogP contribution in [0.3, 0.4) is 0 Å². The van der Waals surface area contributed by atoms with Gasteiger partial charge in [-0.15, -0.1) is 0 Å². The van der Waals surface area contributed by atoms with Crippen LogP contribution < -0.4 is 0 Å². The first kappa shape index (κ1) is 12.2. The Morgan fingerprint density at radius 1 is 1.47 bits per heavy atom. The molecule has 3 heteroatoms. The van der Waals surface area contributed by atoms with Gasteiger partial charge in [0.1, 0.15) is 4.83 Å². The van der Waals surface area contributed by atoms with Crippen LogP contribution in [0.2, 0.25) is 0 Å². The van der Waals surface area contributed by atoms with E-state index in [2.05, 4.69) is 15.9 Å². The fourth-order valence-electron chi connectivity index (χ4n) is 1.27. The number of carbonyl (C=O) groups excluding carboxylic acids is 1. The summed E-state index contributed by atoms with van der Waals surface area (Å²) in [7, 11) is 0. The van der Waals surface area contributed by atoms with E-state index in [4.69, 9.17) is 4.74 Å². The average molecular weight is 271 g/mol. The van der Waals surface area contributed by atoms with Crippen LogP contribution >= 0.6 is 15.9 Å². The molecule has 0 amide bonds. The lowest BCUT2D eigenvalue weighted by atomic mass is 10.1. The molecule has 82 valence electrons. The van der Waals surface area contributed by atoms with E-state index in [1.807, 2.05) is 38.1 Å². The van der Waals surface area contributed by atoms with Gasteiger partial charge in [0.15, 0.2) is 0 Å². The zero-order valence-electron chi connectivity index (χ0n) is 9.00.